The highest BCUT2D eigenvalue weighted by atomic mass is 35.5. The number of benzene rings is 1. The van der Waals surface area contributed by atoms with E-state index in [0.717, 1.165) is 48.9 Å². The van der Waals surface area contributed by atoms with E-state index in [9.17, 15) is 0 Å². The van der Waals surface area contributed by atoms with Crippen molar-refractivity contribution in [1.29, 1.82) is 0 Å². The van der Waals surface area contributed by atoms with Crippen LogP contribution in [0.5, 0.6) is 0 Å². The molecule has 2 fully saturated rings. The van der Waals surface area contributed by atoms with E-state index in [2.05, 4.69) is 49.7 Å². The van der Waals surface area contributed by atoms with E-state index in [0.29, 0.717) is 5.02 Å². The number of piperidine rings is 1. The number of rotatable bonds is 6. The number of aromatic nitrogens is 4. The fourth-order valence-corrected chi connectivity index (χ4v) is 4.94. The predicted molar refractivity (Wildman–Crippen MR) is 117 cm³/mol. The van der Waals surface area contributed by atoms with Gasteiger partial charge in [0.05, 0.1) is 22.9 Å². The number of nitrogens with one attached hydrogen (secondary N) is 1. The van der Waals surface area contributed by atoms with Crippen LogP contribution in [0, 0.1) is 17.8 Å². The highest BCUT2D eigenvalue weighted by Crippen LogP contribution is 2.49. The van der Waals surface area contributed by atoms with Gasteiger partial charge in [0.2, 0.25) is 5.95 Å². The molecule has 1 N–H and O–H groups in total. The normalized spacial score (nSPS) is 22.2. The van der Waals surface area contributed by atoms with Crippen molar-refractivity contribution in [1.82, 2.24) is 19.7 Å². The van der Waals surface area contributed by atoms with Gasteiger partial charge in [-0.1, -0.05) is 11.6 Å². The first kappa shape index (κ1) is 18.7. The summed E-state index contributed by atoms with van der Waals surface area (Å²) in [6, 6.07) is 6.42. The maximum absolute atomic E-state index is 5.89. The maximum atomic E-state index is 5.89. The Bertz CT molecular complexity index is 977. The number of aryl methyl sites for hydroxylation is 1. The summed E-state index contributed by atoms with van der Waals surface area (Å²) in [5.41, 5.74) is 2.25. The van der Waals surface area contributed by atoms with Crippen molar-refractivity contribution in [2.45, 2.75) is 25.7 Å². The molecule has 1 saturated heterocycles. The van der Waals surface area contributed by atoms with Gasteiger partial charge in [-0.3, -0.25) is 4.68 Å². The molecule has 5 rings (SSSR count). The van der Waals surface area contributed by atoms with Crippen LogP contribution in [0.25, 0.3) is 10.9 Å². The third-order valence-corrected chi connectivity index (χ3v) is 6.67. The molecule has 2 aromatic heterocycles. The molecule has 0 amide bonds. The van der Waals surface area contributed by atoms with Gasteiger partial charge in [-0.15, -0.1) is 0 Å². The summed E-state index contributed by atoms with van der Waals surface area (Å²) >= 11 is 5.89. The van der Waals surface area contributed by atoms with Crippen molar-refractivity contribution in [3.05, 3.63) is 41.8 Å². The maximum Gasteiger partial charge on any atom is 0.225 e. The first-order chi connectivity index (χ1) is 14.2. The molecule has 3 aromatic rings. The SMILES string of the molecule is Cn1cc2cc(NCC[C@@H]3C[C@@H]3C3CCN(c4ncc(Cl)cn4)CC3)ccc2n1. The number of nitrogens with zero attached hydrogens (tertiary/aromatic N) is 5. The Hall–Kier alpha value is -2.34. The lowest BCUT2D eigenvalue weighted by Crippen LogP contribution is -2.35. The van der Waals surface area contributed by atoms with Crippen LogP contribution in [0.15, 0.2) is 36.8 Å². The molecule has 0 unspecified atom stereocenters. The fourth-order valence-electron chi connectivity index (χ4n) is 4.84. The molecule has 6 nitrogen and oxygen atoms in total. The zero-order valence-electron chi connectivity index (χ0n) is 16.8. The lowest BCUT2D eigenvalue weighted by Gasteiger charge is -2.32. The van der Waals surface area contributed by atoms with E-state index in [1.54, 1.807) is 12.4 Å². The van der Waals surface area contributed by atoms with E-state index in [1.807, 2.05) is 11.7 Å². The van der Waals surface area contributed by atoms with E-state index < -0.39 is 0 Å². The zero-order chi connectivity index (χ0) is 19.8. The third-order valence-electron chi connectivity index (χ3n) is 6.48. The summed E-state index contributed by atoms with van der Waals surface area (Å²) in [4.78, 5) is 11.0. The van der Waals surface area contributed by atoms with Crippen molar-refractivity contribution in [2.24, 2.45) is 24.8 Å². The average Bonchev–Trinajstić information content (AvgIpc) is 3.40. The Morgan fingerprint density at radius 1 is 1.17 bits per heavy atom. The van der Waals surface area contributed by atoms with Gasteiger partial charge in [-0.2, -0.15) is 5.10 Å². The van der Waals surface area contributed by atoms with E-state index in [4.69, 9.17) is 11.6 Å². The highest BCUT2D eigenvalue weighted by Gasteiger charge is 2.43. The first-order valence-corrected chi connectivity index (χ1v) is 10.9. The summed E-state index contributed by atoms with van der Waals surface area (Å²) in [6.45, 7) is 3.15. The van der Waals surface area contributed by atoms with Gasteiger partial charge in [0.1, 0.15) is 0 Å². The predicted octanol–water partition coefficient (Wildman–Crippen LogP) is 4.37. The molecule has 1 aliphatic heterocycles. The van der Waals surface area contributed by atoms with Crippen molar-refractivity contribution in [2.75, 3.05) is 29.9 Å². The summed E-state index contributed by atoms with van der Waals surface area (Å²) in [5, 5.41) is 9.82. The summed E-state index contributed by atoms with van der Waals surface area (Å²) in [6.07, 6.45) is 10.6. The van der Waals surface area contributed by atoms with Crippen LogP contribution >= 0.6 is 11.6 Å². The molecule has 2 atom stereocenters. The molecule has 3 heterocycles. The molecular weight excluding hydrogens is 384 g/mol. The molecule has 1 saturated carbocycles. The van der Waals surface area contributed by atoms with E-state index in [-0.39, 0.29) is 0 Å². The van der Waals surface area contributed by atoms with Crippen LogP contribution < -0.4 is 10.2 Å². The molecule has 1 aliphatic carbocycles. The number of halogens is 1. The first-order valence-electron chi connectivity index (χ1n) is 10.6. The van der Waals surface area contributed by atoms with Gasteiger partial charge in [0.25, 0.3) is 0 Å². The van der Waals surface area contributed by atoms with Crippen LogP contribution in [0.4, 0.5) is 11.6 Å². The molecule has 0 radical (unpaired) electrons. The standard InChI is InChI=1S/C22H27ClN6/c1-28-14-17-10-19(2-3-21(17)27-28)24-7-4-16-11-20(16)15-5-8-29(9-6-15)22-25-12-18(23)13-26-22/h2-3,10,12-16,20,24H,4-9,11H2,1H3/t16-,20-/m1/s1. The Morgan fingerprint density at radius 2 is 1.97 bits per heavy atom. The minimum Gasteiger partial charge on any atom is -0.385 e. The number of hydrogen-bond acceptors (Lipinski definition) is 5. The Balaban J connectivity index is 1.06. The van der Waals surface area contributed by atoms with Gasteiger partial charge in [0, 0.05) is 44.0 Å². The molecule has 29 heavy (non-hydrogen) atoms. The molecule has 0 spiro atoms. The van der Waals surface area contributed by atoms with Gasteiger partial charge < -0.3 is 10.2 Å². The Labute approximate surface area is 176 Å². The molecule has 0 bridgehead atoms. The monoisotopic (exact) mass is 410 g/mol. The highest BCUT2D eigenvalue weighted by molar-refractivity contribution is 6.30. The van der Waals surface area contributed by atoms with Crippen LogP contribution in [0.3, 0.4) is 0 Å². The van der Waals surface area contributed by atoms with Crippen LogP contribution in [0.1, 0.15) is 25.7 Å². The van der Waals surface area contributed by atoms with Crippen molar-refractivity contribution < 1.29 is 0 Å². The van der Waals surface area contributed by atoms with Crippen molar-refractivity contribution in [3.63, 3.8) is 0 Å². The fraction of sp³-hybridized carbons (Fsp3) is 0.500. The summed E-state index contributed by atoms with van der Waals surface area (Å²) in [5.74, 6) is 3.46. The minimum absolute atomic E-state index is 0.596. The smallest absolute Gasteiger partial charge is 0.225 e. The average molecular weight is 411 g/mol. The number of hydrogen-bond donors (Lipinski definition) is 1. The largest absolute Gasteiger partial charge is 0.385 e. The number of anilines is 2. The Kier molecular flexibility index (Phi) is 5.04. The third kappa shape index (κ3) is 4.17. The molecular formula is C22H27ClN6. The van der Waals surface area contributed by atoms with Gasteiger partial charge >= 0.3 is 0 Å². The minimum atomic E-state index is 0.596. The summed E-state index contributed by atoms with van der Waals surface area (Å²) in [7, 11) is 1.97. The second-order valence-electron chi connectivity index (χ2n) is 8.48. The lowest BCUT2D eigenvalue weighted by molar-refractivity contribution is 0.343. The van der Waals surface area contributed by atoms with Crippen molar-refractivity contribution in [3.8, 4) is 0 Å². The van der Waals surface area contributed by atoms with Gasteiger partial charge in [-0.05, 0) is 61.6 Å². The molecule has 7 heteroatoms. The second-order valence-corrected chi connectivity index (χ2v) is 8.91. The molecule has 1 aromatic carbocycles. The van der Waals surface area contributed by atoms with Crippen LogP contribution in [0.2, 0.25) is 5.02 Å². The van der Waals surface area contributed by atoms with E-state index in [1.165, 1.54) is 36.8 Å². The molecule has 152 valence electrons. The lowest BCUT2D eigenvalue weighted by atomic mass is 9.90. The summed E-state index contributed by atoms with van der Waals surface area (Å²) < 4.78 is 1.87. The van der Waals surface area contributed by atoms with Crippen LogP contribution in [-0.4, -0.2) is 39.4 Å². The quantitative estimate of drug-likeness (QED) is 0.653. The number of fused-ring (bicyclic) bond motifs is 1. The van der Waals surface area contributed by atoms with Crippen molar-refractivity contribution >= 4 is 34.1 Å². The van der Waals surface area contributed by atoms with Crippen LogP contribution in [-0.2, 0) is 7.05 Å². The second kappa shape index (κ2) is 7.82. The van der Waals surface area contributed by atoms with Gasteiger partial charge in [0.15, 0.2) is 0 Å². The van der Waals surface area contributed by atoms with Gasteiger partial charge in [-0.25, -0.2) is 9.97 Å². The zero-order valence-corrected chi connectivity index (χ0v) is 17.5. The topological polar surface area (TPSA) is 58.9 Å². The van der Waals surface area contributed by atoms with E-state index >= 15 is 0 Å². The molecule has 2 aliphatic rings. The Morgan fingerprint density at radius 3 is 2.76 bits per heavy atom.